The van der Waals surface area contributed by atoms with Crippen LogP contribution in [0.3, 0.4) is 0 Å². The minimum atomic E-state index is -0.571. The molecule has 92 valence electrons. The molecule has 0 aliphatic rings. The number of benzene rings is 1. The van der Waals surface area contributed by atoms with Gasteiger partial charge in [-0.2, -0.15) is 0 Å². The number of carbonyl (C=O) groups excluding carboxylic acids is 1. The third-order valence-corrected chi connectivity index (χ3v) is 2.53. The Balaban J connectivity index is 2.13. The third kappa shape index (κ3) is 2.71. The number of pyridine rings is 1. The first-order valence-electron chi connectivity index (χ1n) is 5.50. The first kappa shape index (κ1) is 12.2. The van der Waals surface area contributed by atoms with Crippen LogP contribution in [0.4, 0.5) is 5.69 Å². The summed E-state index contributed by atoms with van der Waals surface area (Å²) < 4.78 is 0. The highest BCUT2D eigenvalue weighted by Gasteiger charge is 2.17. The normalized spacial score (nSPS) is 12.1. The van der Waals surface area contributed by atoms with Crippen LogP contribution in [0, 0.1) is 5.21 Å². The van der Waals surface area contributed by atoms with Crippen molar-refractivity contribution in [3.05, 3.63) is 65.1 Å². The van der Waals surface area contributed by atoms with Gasteiger partial charge in [0.2, 0.25) is 0 Å². The number of hydrogen-bond acceptors (Lipinski definition) is 4. The molecule has 5 nitrogen and oxygen atoms in total. The van der Waals surface area contributed by atoms with Crippen molar-refractivity contribution < 1.29 is 9.86 Å². The second kappa shape index (κ2) is 5.39. The van der Waals surface area contributed by atoms with E-state index in [2.05, 4.69) is 4.98 Å². The molecule has 1 amide bonds. The van der Waals surface area contributed by atoms with Crippen LogP contribution in [0.15, 0.2) is 48.7 Å². The number of nitrogen functional groups attached to an aromatic ring is 1. The summed E-state index contributed by atoms with van der Waals surface area (Å²) in [5, 5.41) is 11.3. The van der Waals surface area contributed by atoms with Gasteiger partial charge in [-0.3, -0.25) is 10.0 Å². The van der Waals surface area contributed by atoms with Gasteiger partial charge in [0.1, 0.15) is 12.1 Å². The highest BCUT2D eigenvalue weighted by molar-refractivity contribution is 5.93. The minimum absolute atomic E-state index is 0.00594. The number of anilines is 1. The average Bonchev–Trinajstić information content (AvgIpc) is 2.39. The average molecular weight is 243 g/mol. The number of nitrogens with one attached hydrogen (secondary N) is 1. The number of carbonyl (C=O) groups is 1. The molecule has 0 spiro atoms. The van der Waals surface area contributed by atoms with E-state index < -0.39 is 11.0 Å². The van der Waals surface area contributed by atoms with Crippen molar-refractivity contribution in [2.75, 3.05) is 5.73 Å². The van der Waals surface area contributed by atoms with Crippen LogP contribution >= 0.6 is 0 Å². The second-order valence-corrected chi connectivity index (χ2v) is 3.84. The highest BCUT2D eigenvalue weighted by atomic mass is 16.5. The zero-order valence-corrected chi connectivity index (χ0v) is 9.67. The van der Waals surface area contributed by atoms with E-state index >= 15 is 0 Å². The summed E-state index contributed by atoms with van der Waals surface area (Å²) in [6.45, 7) is -0.00594. The number of hydroxylamine groups is 2. The largest absolute Gasteiger partial charge is 0.626 e. The molecule has 0 bridgehead atoms. The van der Waals surface area contributed by atoms with Gasteiger partial charge < -0.3 is 10.9 Å². The number of nitrogens with two attached hydrogens (primary N) is 1. The van der Waals surface area contributed by atoms with Crippen molar-refractivity contribution in [1.29, 1.82) is 0 Å². The Hall–Kier alpha value is -2.24. The molecule has 0 saturated heterocycles. The Morgan fingerprint density at radius 3 is 2.61 bits per heavy atom. The Bertz CT molecular complexity index is 543. The molecule has 0 saturated carbocycles. The van der Waals surface area contributed by atoms with Crippen LogP contribution in [0.5, 0.6) is 0 Å². The van der Waals surface area contributed by atoms with Crippen molar-refractivity contribution in [2.24, 2.45) is 0 Å². The summed E-state index contributed by atoms with van der Waals surface area (Å²) >= 11 is 0. The fourth-order valence-electron chi connectivity index (χ4n) is 1.60. The van der Waals surface area contributed by atoms with Crippen LogP contribution in [-0.4, -0.2) is 10.9 Å². The van der Waals surface area contributed by atoms with Gasteiger partial charge in [-0.25, -0.2) is 4.79 Å². The molecule has 18 heavy (non-hydrogen) atoms. The molecule has 0 aliphatic carbocycles. The first-order valence-corrected chi connectivity index (χ1v) is 5.50. The van der Waals surface area contributed by atoms with Crippen LogP contribution in [0.2, 0.25) is 0 Å². The lowest BCUT2D eigenvalue weighted by atomic mass is 10.1. The standard InChI is InChI=1S/C13H13N3O2/c14-12-7-2-1-6-11(12)13(17)16(18)9-10-5-3-4-8-15-10/h1-8,16H,9,14H2. The van der Waals surface area contributed by atoms with Gasteiger partial charge in [-0.1, -0.05) is 18.2 Å². The first-order chi connectivity index (χ1) is 8.68. The lowest BCUT2D eigenvalue weighted by molar-refractivity contribution is -0.773. The van der Waals surface area contributed by atoms with E-state index in [0.29, 0.717) is 11.4 Å². The fraction of sp³-hybridized carbons (Fsp3) is 0.0769. The summed E-state index contributed by atoms with van der Waals surface area (Å²) in [7, 11) is 0. The van der Waals surface area contributed by atoms with Gasteiger partial charge in [0.25, 0.3) is 0 Å². The monoisotopic (exact) mass is 243 g/mol. The number of para-hydroxylation sites is 1. The Labute approximate surface area is 104 Å². The Morgan fingerprint density at radius 1 is 1.22 bits per heavy atom. The number of amides is 1. The van der Waals surface area contributed by atoms with Crippen molar-refractivity contribution >= 4 is 11.6 Å². The maximum Gasteiger partial charge on any atom is 0.346 e. The van der Waals surface area contributed by atoms with Gasteiger partial charge >= 0.3 is 5.91 Å². The molecule has 1 atom stereocenters. The molecule has 1 aromatic heterocycles. The lowest BCUT2D eigenvalue weighted by Gasteiger charge is -2.19. The molecule has 1 aromatic carbocycles. The molecule has 1 unspecified atom stereocenters. The van der Waals surface area contributed by atoms with Crippen molar-refractivity contribution in [3.8, 4) is 0 Å². The zero-order valence-electron chi connectivity index (χ0n) is 9.67. The number of aromatic nitrogens is 1. The van der Waals surface area contributed by atoms with Gasteiger partial charge in [-0.15, -0.1) is 0 Å². The van der Waals surface area contributed by atoms with E-state index in [1.54, 1.807) is 48.7 Å². The molecule has 2 aromatic rings. The van der Waals surface area contributed by atoms with Gasteiger partial charge in [-0.05, 0) is 24.3 Å². The predicted molar refractivity (Wildman–Crippen MR) is 67.5 cm³/mol. The van der Waals surface area contributed by atoms with Crippen LogP contribution in [0.25, 0.3) is 0 Å². The van der Waals surface area contributed by atoms with E-state index in [4.69, 9.17) is 5.73 Å². The molecule has 5 heteroatoms. The molecule has 0 fully saturated rings. The number of hydrogen-bond donors (Lipinski definition) is 2. The van der Waals surface area contributed by atoms with Gasteiger partial charge in [0.05, 0.1) is 5.69 Å². The number of rotatable bonds is 3. The second-order valence-electron chi connectivity index (χ2n) is 3.84. The molecule has 2 rings (SSSR count). The highest BCUT2D eigenvalue weighted by Crippen LogP contribution is 2.08. The molecule has 1 heterocycles. The summed E-state index contributed by atoms with van der Waals surface area (Å²) in [6, 6.07) is 11.8. The van der Waals surface area contributed by atoms with E-state index in [9.17, 15) is 10.0 Å². The SMILES string of the molecule is Nc1ccccc1C(=O)[NH+]([O-])Cc1ccccn1. The number of quaternary nitrogens is 1. The predicted octanol–water partition coefficient (Wildman–Crippen LogP) is 0.387. The smallest absolute Gasteiger partial charge is 0.346 e. The quantitative estimate of drug-likeness (QED) is 0.603. The summed E-state index contributed by atoms with van der Waals surface area (Å²) in [6.07, 6.45) is 1.59. The summed E-state index contributed by atoms with van der Waals surface area (Å²) in [5.41, 5.74) is 6.80. The third-order valence-electron chi connectivity index (χ3n) is 2.53. The Morgan fingerprint density at radius 2 is 1.94 bits per heavy atom. The van der Waals surface area contributed by atoms with Gasteiger partial charge in [0, 0.05) is 11.9 Å². The van der Waals surface area contributed by atoms with E-state index in [1.165, 1.54) is 0 Å². The van der Waals surface area contributed by atoms with Crippen LogP contribution < -0.4 is 10.8 Å². The van der Waals surface area contributed by atoms with Crippen molar-refractivity contribution in [3.63, 3.8) is 0 Å². The maximum atomic E-state index is 11.9. The van der Waals surface area contributed by atoms with Gasteiger partial charge in [0.15, 0.2) is 0 Å². The van der Waals surface area contributed by atoms with Crippen LogP contribution in [-0.2, 0) is 6.54 Å². The molecule has 3 N–H and O–H groups in total. The Kier molecular flexibility index (Phi) is 3.66. The molecular formula is C13H13N3O2. The van der Waals surface area contributed by atoms with Crippen molar-refractivity contribution in [2.45, 2.75) is 6.54 Å². The molecule has 0 radical (unpaired) electrons. The fourth-order valence-corrected chi connectivity index (χ4v) is 1.60. The maximum absolute atomic E-state index is 11.9. The molecular weight excluding hydrogens is 230 g/mol. The van der Waals surface area contributed by atoms with E-state index in [0.717, 1.165) is 0 Å². The van der Waals surface area contributed by atoms with E-state index in [1.807, 2.05) is 0 Å². The lowest BCUT2D eigenvalue weighted by Crippen LogP contribution is -3.08. The zero-order chi connectivity index (χ0) is 13.0. The summed E-state index contributed by atoms with van der Waals surface area (Å²) in [5.74, 6) is -0.571. The van der Waals surface area contributed by atoms with Crippen molar-refractivity contribution in [1.82, 2.24) is 4.98 Å². The number of nitrogens with zero attached hydrogens (tertiary/aromatic N) is 1. The molecule has 0 aliphatic heterocycles. The topological polar surface area (TPSA) is 83.5 Å². The van der Waals surface area contributed by atoms with Crippen LogP contribution in [0.1, 0.15) is 16.1 Å². The summed E-state index contributed by atoms with van der Waals surface area (Å²) in [4.78, 5) is 15.9. The van der Waals surface area contributed by atoms with E-state index in [-0.39, 0.29) is 12.1 Å². The minimum Gasteiger partial charge on any atom is -0.626 e.